The van der Waals surface area contributed by atoms with E-state index >= 15 is 0 Å². The maximum atomic E-state index is 2.57. The van der Waals surface area contributed by atoms with Gasteiger partial charge in [0.05, 0.1) is 0 Å². The first-order valence-electron chi connectivity index (χ1n) is 8.36. The molecular weight excluding hydrogens is 390 g/mol. The van der Waals surface area contributed by atoms with Crippen LogP contribution in [0.2, 0.25) is 7.25 Å². The Hall–Kier alpha value is 0.423. The van der Waals surface area contributed by atoms with Gasteiger partial charge < -0.3 is 24.8 Å². The Morgan fingerprint density at radius 3 is 1.55 bits per heavy atom. The molecule has 0 bridgehead atoms. The van der Waals surface area contributed by atoms with E-state index in [2.05, 4.69) is 48.6 Å². The minimum absolute atomic E-state index is 0. The van der Waals surface area contributed by atoms with E-state index in [4.69, 9.17) is 0 Å². The second kappa shape index (κ2) is 6.74. The van der Waals surface area contributed by atoms with Crippen LogP contribution >= 0.6 is 0 Å². The molecule has 0 aromatic heterocycles. The summed E-state index contributed by atoms with van der Waals surface area (Å²) in [5.74, 6) is 5.90. The molecule has 0 nitrogen and oxygen atoms in total. The first-order valence-corrected chi connectivity index (χ1v) is 11.2. The predicted octanol–water partition coefficient (Wildman–Crippen LogP) is -1.19. The Morgan fingerprint density at radius 1 is 0.591 bits per heavy atom. The molecular formula is C19H22Cl2Zr. The van der Waals surface area contributed by atoms with E-state index in [0.29, 0.717) is 0 Å². The van der Waals surface area contributed by atoms with Gasteiger partial charge in [-0.25, -0.2) is 0 Å². The van der Waals surface area contributed by atoms with Gasteiger partial charge in [0.2, 0.25) is 0 Å². The van der Waals surface area contributed by atoms with Crippen molar-refractivity contribution < 1.29 is 48.0 Å². The summed E-state index contributed by atoms with van der Waals surface area (Å²) in [7, 11) is 0. The van der Waals surface area contributed by atoms with E-state index in [9.17, 15) is 0 Å². The van der Waals surface area contributed by atoms with Crippen molar-refractivity contribution in [2.75, 3.05) is 0 Å². The molecule has 1 heterocycles. The summed E-state index contributed by atoms with van der Waals surface area (Å²) in [6.07, 6.45) is 24.0. The Kier molecular flexibility index (Phi) is 5.28. The summed E-state index contributed by atoms with van der Waals surface area (Å²) < 4.78 is 2.31. The summed E-state index contributed by atoms with van der Waals surface area (Å²) >= 11 is -0.258. The predicted molar refractivity (Wildman–Crippen MR) is 78.9 cm³/mol. The Labute approximate surface area is 158 Å². The molecule has 0 aromatic carbocycles. The van der Waals surface area contributed by atoms with Gasteiger partial charge in [-0.1, -0.05) is 0 Å². The van der Waals surface area contributed by atoms with Crippen molar-refractivity contribution in [3.8, 4) is 0 Å². The fraction of sp³-hybridized carbons (Fsp3) is 0.579. The topological polar surface area (TPSA) is 0 Å². The second-order valence-electron chi connectivity index (χ2n) is 7.47. The van der Waals surface area contributed by atoms with Crippen molar-refractivity contribution in [2.45, 2.75) is 26.5 Å². The maximum Gasteiger partial charge on any atom is -1.00 e. The van der Waals surface area contributed by atoms with Gasteiger partial charge in [0.1, 0.15) is 0 Å². The van der Waals surface area contributed by atoms with Crippen LogP contribution < -0.4 is 24.8 Å². The van der Waals surface area contributed by atoms with Crippen molar-refractivity contribution in [1.29, 1.82) is 0 Å². The molecule has 0 radical (unpaired) electrons. The quantitative estimate of drug-likeness (QED) is 0.470. The fourth-order valence-corrected chi connectivity index (χ4v) is 12.4. The molecule has 116 valence electrons. The van der Waals surface area contributed by atoms with E-state index in [1.54, 1.807) is 6.42 Å². The van der Waals surface area contributed by atoms with Crippen molar-refractivity contribution in [3.63, 3.8) is 0 Å². The number of hydrogen-bond acceptors (Lipinski definition) is 0. The van der Waals surface area contributed by atoms with Crippen LogP contribution in [0.25, 0.3) is 0 Å². The fourth-order valence-electron chi connectivity index (χ4n) is 5.80. The van der Waals surface area contributed by atoms with E-state index in [-0.39, 0.29) is 48.0 Å². The molecule has 3 fully saturated rings. The molecule has 0 spiro atoms. The average Bonchev–Trinajstić information content (AvgIpc) is 3.02. The normalized spacial score (nSPS) is 48.7. The van der Waals surface area contributed by atoms with E-state index < -0.39 is 0 Å². The van der Waals surface area contributed by atoms with Crippen molar-refractivity contribution >= 4 is 0 Å². The average molecular weight is 413 g/mol. The van der Waals surface area contributed by atoms with E-state index in [1.807, 2.05) is 0 Å². The minimum Gasteiger partial charge on any atom is -1.00 e. The van der Waals surface area contributed by atoms with E-state index in [1.165, 1.54) is 12.8 Å². The van der Waals surface area contributed by atoms with Crippen LogP contribution in [0.4, 0.5) is 0 Å². The van der Waals surface area contributed by atoms with Crippen LogP contribution in [0.3, 0.4) is 0 Å². The summed E-state index contributed by atoms with van der Waals surface area (Å²) in [6.45, 7) is 0. The van der Waals surface area contributed by atoms with Crippen LogP contribution in [0.1, 0.15) is 19.3 Å². The molecule has 1 aliphatic heterocycles. The van der Waals surface area contributed by atoms with Gasteiger partial charge in [-0.3, -0.25) is 0 Å². The standard InChI is InChI=1S/C19H22.2ClH.Zr/c1-2-6-17-11-14(10-16(17)5-1)9-15-12-18-7-3-4-8-19(18)13-15;;;/h1-8,10,12,14-19H,9,11,13H2;2*1H;/q;;;+2/p-2. The molecule has 8 unspecified atom stereocenters. The van der Waals surface area contributed by atoms with Crippen molar-refractivity contribution in [1.82, 2.24) is 0 Å². The first kappa shape index (κ1) is 17.3. The number of hydrogen-bond donors (Lipinski definition) is 0. The molecule has 0 N–H and O–H groups in total. The van der Waals surface area contributed by atoms with Gasteiger partial charge in [0.15, 0.2) is 0 Å². The molecule has 3 heteroatoms. The summed E-state index contributed by atoms with van der Waals surface area (Å²) in [5, 5.41) is 0. The largest absolute Gasteiger partial charge is 1.00 e. The molecule has 5 rings (SSSR count). The summed E-state index contributed by atoms with van der Waals surface area (Å²) in [4.78, 5) is 0. The summed E-state index contributed by atoms with van der Waals surface area (Å²) in [6, 6.07) is 0. The zero-order chi connectivity index (χ0) is 13.1. The first-order chi connectivity index (χ1) is 9.90. The second-order valence-corrected chi connectivity index (χ2v) is 11.6. The van der Waals surface area contributed by atoms with Gasteiger partial charge in [0, 0.05) is 0 Å². The number of allylic oxidation sites excluding steroid dienone is 8. The SMILES string of the molecule is C1=CC2CC3CC4CC5C=CC=CC5[CH]4[Zr+2][CH]3C2C=C1.[Cl-].[Cl-]. The molecule has 4 aliphatic carbocycles. The van der Waals surface area contributed by atoms with Gasteiger partial charge >= 0.3 is 134 Å². The van der Waals surface area contributed by atoms with Crippen LogP contribution in [-0.4, -0.2) is 0 Å². The van der Waals surface area contributed by atoms with Crippen LogP contribution in [0.15, 0.2) is 48.6 Å². The molecule has 0 amide bonds. The summed E-state index contributed by atoms with van der Waals surface area (Å²) in [5.41, 5.74) is 0. The Bertz CT molecular complexity index is 490. The number of halogens is 2. The third-order valence-electron chi connectivity index (χ3n) is 6.58. The van der Waals surface area contributed by atoms with E-state index in [0.717, 1.165) is 42.8 Å². The minimum atomic E-state index is -0.258. The zero-order valence-corrected chi connectivity index (χ0v) is 16.6. The molecule has 0 aromatic rings. The third kappa shape index (κ3) is 2.60. The smallest absolute Gasteiger partial charge is 1.00 e. The van der Waals surface area contributed by atoms with Gasteiger partial charge in [0.25, 0.3) is 0 Å². The monoisotopic (exact) mass is 410 g/mol. The van der Waals surface area contributed by atoms with Crippen LogP contribution in [-0.2, 0) is 23.2 Å². The number of rotatable bonds is 0. The zero-order valence-electron chi connectivity index (χ0n) is 12.6. The molecule has 1 saturated heterocycles. The third-order valence-corrected chi connectivity index (χ3v) is 12.7. The molecule has 2 saturated carbocycles. The Balaban J connectivity index is 0.000000720. The molecule has 8 atom stereocenters. The Morgan fingerprint density at radius 2 is 1.05 bits per heavy atom. The van der Waals surface area contributed by atoms with Gasteiger partial charge in [-0.15, -0.1) is 0 Å². The van der Waals surface area contributed by atoms with Gasteiger partial charge in [-0.05, 0) is 0 Å². The van der Waals surface area contributed by atoms with Crippen LogP contribution in [0, 0.1) is 35.5 Å². The molecule has 5 aliphatic rings. The van der Waals surface area contributed by atoms with Crippen LogP contribution in [0.5, 0.6) is 0 Å². The van der Waals surface area contributed by atoms with Crippen molar-refractivity contribution in [3.05, 3.63) is 48.6 Å². The maximum absolute atomic E-state index is 2.57. The molecule has 22 heavy (non-hydrogen) atoms. The van der Waals surface area contributed by atoms with Gasteiger partial charge in [-0.2, -0.15) is 0 Å². The number of fused-ring (bicyclic) bond motifs is 6. The van der Waals surface area contributed by atoms with Crippen molar-refractivity contribution in [2.24, 2.45) is 35.5 Å².